The molecule has 1 saturated heterocycles. The van der Waals surface area contributed by atoms with E-state index in [2.05, 4.69) is 17.3 Å². The van der Waals surface area contributed by atoms with Gasteiger partial charge in [-0.25, -0.2) is 8.78 Å². The molecule has 2 aromatic rings. The number of likely N-dealkylation sites (N-methyl/N-ethyl adjacent to an activating group) is 1. The summed E-state index contributed by atoms with van der Waals surface area (Å²) in [5.41, 5.74) is 1.79. The summed E-state index contributed by atoms with van der Waals surface area (Å²) in [5, 5.41) is 3.27. The number of hydrogen-bond donors (Lipinski definition) is 1. The summed E-state index contributed by atoms with van der Waals surface area (Å²) in [5.74, 6) is 0.0515. The molecule has 204 valence electrons. The number of benzene rings is 2. The van der Waals surface area contributed by atoms with E-state index in [1.807, 2.05) is 41.3 Å². The number of nitrogens with one attached hydrogen (secondary N) is 1. The molecule has 1 aliphatic carbocycles. The summed E-state index contributed by atoms with van der Waals surface area (Å²) in [7, 11) is 2.12. The van der Waals surface area contributed by atoms with Crippen molar-refractivity contribution < 1.29 is 18.4 Å². The molecular formula is C30H38F2N4O2. The van der Waals surface area contributed by atoms with Crippen molar-refractivity contribution in [1.29, 1.82) is 0 Å². The van der Waals surface area contributed by atoms with Crippen molar-refractivity contribution in [2.24, 2.45) is 5.92 Å². The molecule has 0 unspecified atom stereocenters. The van der Waals surface area contributed by atoms with Crippen molar-refractivity contribution in [3.63, 3.8) is 0 Å². The Morgan fingerprint density at radius 1 is 1.00 bits per heavy atom. The highest BCUT2D eigenvalue weighted by Gasteiger charge is 2.29. The van der Waals surface area contributed by atoms with Crippen LogP contribution < -0.4 is 5.32 Å². The minimum atomic E-state index is -0.491. The number of amides is 2. The molecule has 3 aliphatic rings. The second kappa shape index (κ2) is 13.1. The van der Waals surface area contributed by atoms with Crippen LogP contribution in [0.15, 0.2) is 54.6 Å². The molecule has 2 aromatic carbocycles. The zero-order valence-corrected chi connectivity index (χ0v) is 22.3. The lowest BCUT2D eigenvalue weighted by Gasteiger charge is -2.23. The molecule has 0 spiro atoms. The lowest BCUT2D eigenvalue weighted by molar-refractivity contribution is -0.130. The molecule has 5 rings (SSSR count). The Morgan fingerprint density at radius 3 is 2.47 bits per heavy atom. The summed E-state index contributed by atoms with van der Waals surface area (Å²) >= 11 is 0. The first-order valence-corrected chi connectivity index (χ1v) is 13.5. The van der Waals surface area contributed by atoms with Crippen molar-refractivity contribution >= 4 is 17.4 Å². The molecule has 38 heavy (non-hydrogen) atoms. The molecule has 2 aliphatic heterocycles. The zero-order valence-electron chi connectivity index (χ0n) is 22.3. The quantitative estimate of drug-likeness (QED) is 0.618. The van der Waals surface area contributed by atoms with Gasteiger partial charge < -0.3 is 20.0 Å². The number of hydrogen-bond acceptors (Lipinski definition) is 4. The van der Waals surface area contributed by atoms with Gasteiger partial charge in [0.05, 0.1) is 12.6 Å². The fraction of sp³-hybridized carbons (Fsp3) is 0.467. The van der Waals surface area contributed by atoms with Gasteiger partial charge >= 0.3 is 0 Å². The maximum atomic E-state index is 14.0. The van der Waals surface area contributed by atoms with Crippen molar-refractivity contribution in [2.45, 2.75) is 32.2 Å². The molecule has 1 saturated carbocycles. The molecule has 2 heterocycles. The molecular weight excluding hydrogens is 486 g/mol. The minimum absolute atomic E-state index is 0.100. The van der Waals surface area contributed by atoms with Crippen LogP contribution in [0.1, 0.15) is 43.4 Å². The summed E-state index contributed by atoms with van der Waals surface area (Å²) in [6.45, 7) is 7.24. The standard InChI is InChI=1S/C18H15F2NO.C12H23N3O/c1-12(22)21-11-14(16-10-15(19)7-8-17(16)20)9-18(21)13-5-3-2-4-6-13;1-14-5-2-6-15(8-7-14)12(16)10-13-9-11-3-4-11/h2-10,18H,11H2,1H3;11,13H,2-10H2,1H3/t18-;/m0./s1. The van der Waals surface area contributed by atoms with Crippen molar-refractivity contribution in [3.05, 3.63) is 77.4 Å². The average Bonchev–Trinajstić information content (AvgIpc) is 3.67. The molecule has 1 atom stereocenters. The van der Waals surface area contributed by atoms with Gasteiger partial charge in [0, 0.05) is 38.7 Å². The molecule has 0 radical (unpaired) electrons. The molecule has 8 heteroatoms. The summed E-state index contributed by atoms with van der Waals surface area (Å²) in [6.07, 6.45) is 5.62. The average molecular weight is 525 g/mol. The van der Waals surface area contributed by atoms with Crippen LogP contribution in [0, 0.1) is 17.6 Å². The van der Waals surface area contributed by atoms with Crippen LogP contribution in [0.3, 0.4) is 0 Å². The highest BCUT2D eigenvalue weighted by molar-refractivity contribution is 5.81. The number of halogens is 2. The predicted molar refractivity (Wildman–Crippen MR) is 145 cm³/mol. The summed E-state index contributed by atoms with van der Waals surface area (Å²) in [6, 6.07) is 12.6. The zero-order chi connectivity index (χ0) is 27.1. The van der Waals surface area contributed by atoms with Gasteiger partial charge in [-0.15, -0.1) is 0 Å². The van der Waals surface area contributed by atoms with Crippen molar-refractivity contribution in [1.82, 2.24) is 20.0 Å². The SMILES string of the molecule is CC(=O)N1CC(c2cc(F)ccc2F)=C[C@H]1c1ccccc1.CN1CCCN(C(=O)CNCC2CC2)CC1. The van der Waals surface area contributed by atoms with Crippen LogP contribution in [0.25, 0.3) is 5.57 Å². The molecule has 6 nitrogen and oxygen atoms in total. The predicted octanol–water partition coefficient (Wildman–Crippen LogP) is 4.10. The third-order valence-corrected chi connectivity index (χ3v) is 7.33. The Morgan fingerprint density at radius 2 is 1.76 bits per heavy atom. The van der Waals surface area contributed by atoms with E-state index in [9.17, 15) is 18.4 Å². The number of carbonyl (C=O) groups is 2. The second-order valence-corrected chi connectivity index (χ2v) is 10.4. The van der Waals surface area contributed by atoms with E-state index in [-0.39, 0.29) is 30.0 Å². The maximum Gasteiger partial charge on any atom is 0.236 e. The van der Waals surface area contributed by atoms with E-state index < -0.39 is 11.6 Å². The Hall–Kier alpha value is -3.10. The largest absolute Gasteiger partial charge is 0.340 e. The first kappa shape index (κ1) is 27.9. The number of rotatable bonds is 6. The van der Waals surface area contributed by atoms with Crippen LogP contribution in [-0.2, 0) is 9.59 Å². The Balaban J connectivity index is 0.000000186. The van der Waals surface area contributed by atoms with Crippen LogP contribution >= 0.6 is 0 Å². The van der Waals surface area contributed by atoms with E-state index in [0.717, 1.165) is 62.8 Å². The van der Waals surface area contributed by atoms with Gasteiger partial charge in [-0.3, -0.25) is 9.59 Å². The van der Waals surface area contributed by atoms with Gasteiger partial charge in [-0.1, -0.05) is 36.4 Å². The topological polar surface area (TPSA) is 55.9 Å². The van der Waals surface area contributed by atoms with E-state index >= 15 is 0 Å². The van der Waals surface area contributed by atoms with Gasteiger partial charge in [-0.05, 0) is 74.7 Å². The van der Waals surface area contributed by atoms with Crippen molar-refractivity contribution in [3.8, 4) is 0 Å². The van der Waals surface area contributed by atoms with Crippen LogP contribution in [0.5, 0.6) is 0 Å². The first-order valence-electron chi connectivity index (χ1n) is 13.5. The van der Waals surface area contributed by atoms with Gasteiger partial charge in [0.1, 0.15) is 11.6 Å². The third kappa shape index (κ3) is 7.71. The van der Waals surface area contributed by atoms with Crippen molar-refractivity contribution in [2.75, 3.05) is 52.9 Å². The molecule has 0 aromatic heterocycles. The molecule has 2 fully saturated rings. The lowest BCUT2D eigenvalue weighted by Crippen LogP contribution is -2.40. The van der Waals surface area contributed by atoms with E-state index in [1.165, 1.54) is 25.8 Å². The van der Waals surface area contributed by atoms with E-state index in [4.69, 9.17) is 0 Å². The monoisotopic (exact) mass is 524 g/mol. The minimum Gasteiger partial charge on any atom is -0.340 e. The Labute approximate surface area is 224 Å². The summed E-state index contributed by atoms with van der Waals surface area (Å²) < 4.78 is 27.4. The molecule has 0 bridgehead atoms. The van der Waals surface area contributed by atoms with Gasteiger partial charge in [-0.2, -0.15) is 0 Å². The van der Waals surface area contributed by atoms with E-state index in [1.54, 1.807) is 4.90 Å². The third-order valence-electron chi connectivity index (χ3n) is 7.33. The van der Waals surface area contributed by atoms with Gasteiger partial charge in [0.15, 0.2) is 0 Å². The maximum absolute atomic E-state index is 14.0. The van der Waals surface area contributed by atoms with Gasteiger partial charge in [0.2, 0.25) is 11.8 Å². The Kier molecular flexibility index (Phi) is 9.63. The lowest BCUT2D eigenvalue weighted by atomic mass is 10.0. The van der Waals surface area contributed by atoms with Crippen LogP contribution in [0.2, 0.25) is 0 Å². The number of nitrogens with zero attached hydrogens (tertiary/aromatic N) is 3. The molecule has 1 N–H and O–H groups in total. The smallest absolute Gasteiger partial charge is 0.236 e. The number of carbonyl (C=O) groups excluding carboxylic acids is 2. The fourth-order valence-electron chi connectivity index (χ4n) is 4.88. The Bertz CT molecular complexity index is 1140. The normalized spacial score (nSPS) is 19.9. The second-order valence-electron chi connectivity index (χ2n) is 10.4. The fourth-order valence-corrected chi connectivity index (χ4v) is 4.88. The summed E-state index contributed by atoms with van der Waals surface area (Å²) in [4.78, 5) is 29.7. The van der Waals surface area contributed by atoms with Gasteiger partial charge in [0.25, 0.3) is 0 Å². The van der Waals surface area contributed by atoms with Crippen LogP contribution in [-0.4, -0.2) is 79.4 Å². The highest BCUT2D eigenvalue weighted by atomic mass is 19.1. The first-order chi connectivity index (χ1) is 18.3. The highest BCUT2D eigenvalue weighted by Crippen LogP contribution is 2.35. The van der Waals surface area contributed by atoms with E-state index in [0.29, 0.717) is 12.1 Å². The van der Waals surface area contributed by atoms with Crippen LogP contribution in [0.4, 0.5) is 8.78 Å². The molecule has 2 amide bonds.